The fraction of sp³-hybridized carbons (Fsp3) is 0.360. The van der Waals surface area contributed by atoms with Crippen LogP contribution in [0.15, 0.2) is 58.4 Å². The molecule has 0 saturated carbocycles. The zero-order valence-corrected chi connectivity index (χ0v) is 19.5. The highest BCUT2D eigenvalue weighted by Gasteiger charge is 2.41. The minimum atomic E-state index is -1.35. The summed E-state index contributed by atoms with van der Waals surface area (Å²) in [5, 5.41) is 14.5. The van der Waals surface area contributed by atoms with Crippen molar-refractivity contribution in [2.45, 2.75) is 45.4 Å². The molecular weight excluding hydrogens is 434 g/mol. The number of benzene rings is 1. The van der Waals surface area contributed by atoms with Gasteiger partial charge in [-0.2, -0.15) is 0 Å². The van der Waals surface area contributed by atoms with Crippen LogP contribution in [0.25, 0.3) is 0 Å². The van der Waals surface area contributed by atoms with Crippen LogP contribution in [-0.2, 0) is 6.54 Å². The molecule has 0 aliphatic carbocycles. The molecule has 0 spiro atoms. The van der Waals surface area contributed by atoms with Crippen molar-refractivity contribution in [3.05, 3.63) is 92.0 Å². The van der Waals surface area contributed by atoms with E-state index in [1.165, 1.54) is 10.8 Å². The van der Waals surface area contributed by atoms with Crippen LogP contribution in [0.1, 0.15) is 46.6 Å². The lowest BCUT2D eigenvalue weighted by Crippen LogP contribution is -2.56. The number of rotatable bonds is 5. The van der Waals surface area contributed by atoms with E-state index in [1.54, 1.807) is 31.0 Å². The van der Waals surface area contributed by atoms with Gasteiger partial charge in [0, 0.05) is 35.8 Å². The molecule has 9 nitrogen and oxygen atoms in total. The van der Waals surface area contributed by atoms with E-state index in [4.69, 9.17) is 0 Å². The molecule has 4 rings (SSSR count). The number of aromatic nitrogens is 3. The Balaban J connectivity index is 1.47. The molecule has 1 amide bonds. The second kappa shape index (κ2) is 9.26. The van der Waals surface area contributed by atoms with Gasteiger partial charge in [-0.25, -0.2) is 4.79 Å². The number of nitrogens with zero attached hydrogens (tertiary/aromatic N) is 3. The number of amides is 1. The van der Waals surface area contributed by atoms with E-state index in [1.807, 2.05) is 37.3 Å². The molecule has 1 fully saturated rings. The summed E-state index contributed by atoms with van der Waals surface area (Å²) in [5.74, 6) is -0.178. The Morgan fingerprint density at radius 3 is 2.71 bits per heavy atom. The van der Waals surface area contributed by atoms with Crippen molar-refractivity contribution >= 4 is 11.6 Å². The van der Waals surface area contributed by atoms with Gasteiger partial charge >= 0.3 is 5.69 Å². The quantitative estimate of drug-likeness (QED) is 0.532. The molecule has 3 N–H and O–H groups in total. The van der Waals surface area contributed by atoms with Crippen molar-refractivity contribution in [3.8, 4) is 0 Å². The zero-order valence-electron chi connectivity index (χ0n) is 19.5. The molecule has 1 saturated heterocycles. The van der Waals surface area contributed by atoms with Gasteiger partial charge in [-0.05, 0) is 63.1 Å². The van der Waals surface area contributed by atoms with Crippen LogP contribution >= 0.6 is 0 Å². The first-order valence-corrected chi connectivity index (χ1v) is 11.2. The fourth-order valence-corrected chi connectivity index (χ4v) is 4.46. The number of hydrogen-bond donors (Lipinski definition) is 3. The second-order valence-electron chi connectivity index (χ2n) is 9.07. The van der Waals surface area contributed by atoms with Gasteiger partial charge in [0.05, 0.1) is 24.8 Å². The first kappa shape index (κ1) is 23.4. The van der Waals surface area contributed by atoms with Crippen LogP contribution in [0.5, 0.6) is 0 Å². The lowest BCUT2D eigenvalue weighted by Gasteiger charge is -2.43. The Hall–Kier alpha value is -3.72. The van der Waals surface area contributed by atoms with Gasteiger partial charge in [-0.3, -0.25) is 24.1 Å². The number of aliphatic hydroxyl groups is 1. The third-order valence-electron chi connectivity index (χ3n) is 6.33. The molecule has 9 heteroatoms. The topological polar surface area (TPSA) is 120 Å². The number of β-amino-alcohol motifs (C(OH)–C–C–N with tert-alkyl or cyclic N) is 1. The number of aromatic amines is 1. The predicted molar refractivity (Wildman–Crippen MR) is 129 cm³/mol. The molecule has 1 aliphatic heterocycles. The van der Waals surface area contributed by atoms with Gasteiger partial charge in [0.1, 0.15) is 5.60 Å². The first-order chi connectivity index (χ1) is 16.2. The molecule has 0 bridgehead atoms. The van der Waals surface area contributed by atoms with E-state index in [9.17, 15) is 19.5 Å². The number of H-pyrrole nitrogens is 1. The molecule has 2 aromatic heterocycles. The van der Waals surface area contributed by atoms with E-state index in [-0.39, 0.29) is 12.5 Å². The van der Waals surface area contributed by atoms with Crippen molar-refractivity contribution in [2.75, 3.05) is 18.4 Å². The van der Waals surface area contributed by atoms with Crippen LogP contribution in [-0.4, -0.2) is 49.1 Å². The van der Waals surface area contributed by atoms with E-state index in [0.29, 0.717) is 30.6 Å². The fourth-order valence-electron chi connectivity index (χ4n) is 4.46. The van der Waals surface area contributed by atoms with Crippen LogP contribution in [0.4, 0.5) is 5.69 Å². The number of anilines is 1. The van der Waals surface area contributed by atoms with Gasteiger partial charge in [-0.1, -0.05) is 6.07 Å². The molecule has 1 aromatic carbocycles. The normalized spacial score (nSPS) is 20.2. The zero-order chi connectivity index (χ0) is 24.5. The Morgan fingerprint density at radius 1 is 1.24 bits per heavy atom. The third-order valence-corrected chi connectivity index (χ3v) is 6.33. The maximum Gasteiger partial charge on any atom is 0.328 e. The minimum absolute atomic E-state index is 0.0693. The van der Waals surface area contributed by atoms with Gasteiger partial charge in [0.15, 0.2) is 0 Å². The molecule has 178 valence electrons. The van der Waals surface area contributed by atoms with Gasteiger partial charge in [0.2, 0.25) is 0 Å². The van der Waals surface area contributed by atoms with Crippen LogP contribution in [0, 0.1) is 13.8 Å². The number of nitrogens with one attached hydrogen (secondary N) is 2. The van der Waals surface area contributed by atoms with Crippen molar-refractivity contribution in [1.29, 1.82) is 0 Å². The van der Waals surface area contributed by atoms with E-state index < -0.39 is 22.9 Å². The highest BCUT2D eigenvalue weighted by molar-refractivity contribution is 5.95. The minimum Gasteiger partial charge on any atom is -0.386 e. The number of likely N-dealkylation sites (tertiary alicyclic amines) is 1. The van der Waals surface area contributed by atoms with E-state index >= 15 is 0 Å². The third kappa shape index (κ3) is 4.79. The van der Waals surface area contributed by atoms with E-state index in [0.717, 1.165) is 16.9 Å². The Kier molecular flexibility index (Phi) is 6.39. The highest BCUT2D eigenvalue weighted by atomic mass is 16.3. The highest BCUT2D eigenvalue weighted by Crippen LogP contribution is 2.31. The summed E-state index contributed by atoms with van der Waals surface area (Å²) in [6.07, 6.45) is 3.60. The molecule has 34 heavy (non-hydrogen) atoms. The summed E-state index contributed by atoms with van der Waals surface area (Å²) >= 11 is 0. The largest absolute Gasteiger partial charge is 0.386 e. The Labute approximate surface area is 197 Å². The molecular formula is C25H29N5O4. The summed E-state index contributed by atoms with van der Waals surface area (Å²) in [6, 6.07) is 10.7. The standard InChI is InChI=1S/C25H29N5O4/c1-16-12-18(7-8-20(16)27-13-19-6-4-5-10-26-19)23(32)29-11-9-21(25(3,34)15-29)30-14-17(2)22(31)28-24(30)33/h4-8,10,12,14,21,27,34H,9,11,13,15H2,1-3H3,(H,28,31,33)/t21-,25-/m0/s1. The number of carbonyl (C=O) groups excluding carboxylic acids is 1. The number of hydrogen-bond acceptors (Lipinski definition) is 6. The van der Waals surface area contributed by atoms with Crippen molar-refractivity contribution in [2.24, 2.45) is 0 Å². The first-order valence-electron chi connectivity index (χ1n) is 11.2. The molecule has 3 heterocycles. The van der Waals surface area contributed by atoms with Gasteiger partial charge in [-0.15, -0.1) is 0 Å². The van der Waals surface area contributed by atoms with Gasteiger partial charge in [0.25, 0.3) is 11.5 Å². The summed E-state index contributed by atoms with van der Waals surface area (Å²) in [5.41, 5.74) is 1.34. The lowest BCUT2D eigenvalue weighted by molar-refractivity contribution is -0.0504. The van der Waals surface area contributed by atoms with Crippen LogP contribution in [0.3, 0.4) is 0 Å². The molecule has 2 atom stereocenters. The lowest BCUT2D eigenvalue weighted by atomic mass is 9.88. The van der Waals surface area contributed by atoms with Crippen LogP contribution in [0.2, 0.25) is 0 Å². The van der Waals surface area contributed by atoms with Crippen molar-refractivity contribution < 1.29 is 9.90 Å². The maximum absolute atomic E-state index is 13.2. The number of pyridine rings is 1. The predicted octanol–water partition coefficient (Wildman–Crippen LogP) is 2.00. The SMILES string of the molecule is Cc1cc(C(=O)N2CC[C@H](n3cc(C)c(=O)[nH]c3=O)[C@@](C)(O)C2)ccc1NCc1ccccn1. The average molecular weight is 464 g/mol. The van der Waals surface area contributed by atoms with E-state index in [2.05, 4.69) is 15.3 Å². The summed E-state index contributed by atoms with van der Waals surface area (Å²) < 4.78 is 1.37. The van der Waals surface area contributed by atoms with Crippen molar-refractivity contribution in [3.63, 3.8) is 0 Å². The summed E-state index contributed by atoms with van der Waals surface area (Å²) in [4.78, 5) is 45.4. The Morgan fingerprint density at radius 2 is 2.03 bits per heavy atom. The molecule has 1 aliphatic rings. The average Bonchev–Trinajstić information content (AvgIpc) is 2.80. The van der Waals surface area contributed by atoms with Crippen molar-refractivity contribution in [1.82, 2.24) is 19.4 Å². The van der Waals surface area contributed by atoms with Gasteiger partial charge < -0.3 is 15.3 Å². The van der Waals surface area contributed by atoms with Crippen LogP contribution < -0.4 is 16.6 Å². The maximum atomic E-state index is 13.2. The number of piperidine rings is 1. The number of aryl methyl sites for hydroxylation is 2. The number of carbonyl (C=O) groups is 1. The second-order valence-corrected chi connectivity index (χ2v) is 9.07. The molecule has 0 radical (unpaired) electrons. The smallest absolute Gasteiger partial charge is 0.328 e. The molecule has 3 aromatic rings. The monoisotopic (exact) mass is 463 g/mol. The summed E-state index contributed by atoms with van der Waals surface area (Å²) in [7, 11) is 0. The molecule has 0 unspecified atom stereocenters. The summed E-state index contributed by atoms with van der Waals surface area (Å²) in [6.45, 7) is 6.18. The Bertz CT molecular complexity index is 1310.